The Hall–Kier alpha value is -3.05. The predicted octanol–water partition coefficient (Wildman–Crippen LogP) is 3.07. The summed E-state index contributed by atoms with van der Waals surface area (Å²) in [7, 11) is -7.46. The van der Waals surface area contributed by atoms with E-state index in [0.717, 1.165) is 24.8 Å². The van der Waals surface area contributed by atoms with Crippen LogP contribution in [0.15, 0.2) is 94.7 Å². The summed E-state index contributed by atoms with van der Waals surface area (Å²) < 4.78 is 55.6. The zero-order valence-corrected chi connectivity index (χ0v) is 22.0. The standard InChI is InChI=1S/C27H31N3O5S2/c31-27(28-21-23-14-16-25(17-15-23)37(34,35)30-18-8-3-9-19-30)26(20-22-10-4-1-5-11-22)29-36(32,33)24-12-6-2-7-13-24/h1-2,4-7,10-17,26,29H,3,8-9,18-21H2,(H,28,31)/t26-/m0/s1. The number of nitrogens with zero attached hydrogens (tertiary/aromatic N) is 1. The first-order valence-corrected chi connectivity index (χ1v) is 15.2. The molecule has 0 spiro atoms. The number of nitrogens with one attached hydrogen (secondary N) is 2. The molecule has 1 aliphatic heterocycles. The van der Waals surface area contributed by atoms with Gasteiger partial charge in [0.2, 0.25) is 26.0 Å². The first-order valence-electron chi connectivity index (χ1n) is 12.2. The van der Waals surface area contributed by atoms with Crippen molar-refractivity contribution in [3.05, 3.63) is 96.1 Å². The summed E-state index contributed by atoms with van der Waals surface area (Å²) in [6.07, 6.45) is 2.94. The normalized spacial score (nSPS) is 15.7. The SMILES string of the molecule is O=C(NCc1ccc(S(=O)(=O)N2CCCCC2)cc1)[C@H](Cc1ccccc1)NS(=O)(=O)c1ccccc1. The number of amides is 1. The first-order chi connectivity index (χ1) is 17.8. The van der Waals surface area contributed by atoms with Crippen LogP contribution in [-0.2, 0) is 37.8 Å². The van der Waals surface area contributed by atoms with Crippen LogP contribution >= 0.6 is 0 Å². The largest absolute Gasteiger partial charge is 0.351 e. The second kappa shape index (κ2) is 12.0. The van der Waals surface area contributed by atoms with Crippen molar-refractivity contribution in [2.75, 3.05) is 13.1 Å². The number of sulfonamides is 2. The van der Waals surface area contributed by atoms with E-state index in [1.807, 2.05) is 30.3 Å². The molecular formula is C27H31N3O5S2. The lowest BCUT2D eigenvalue weighted by Gasteiger charge is -2.25. The summed E-state index contributed by atoms with van der Waals surface area (Å²) in [6, 6.07) is 22.5. The van der Waals surface area contributed by atoms with Crippen LogP contribution in [0.5, 0.6) is 0 Å². The second-order valence-electron chi connectivity index (χ2n) is 9.00. The number of hydrogen-bond acceptors (Lipinski definition) is 5. The van der Waals surface area contributed by atoms with E-state index in [1.54, 1.807) is 42.5 Å². The molecule has 1 fully saturated rings. The molecule has 10 heteroatoms. The Kier molecular flexibility index (Phi) is 8.75. The van der Waals surface area contributed by atoms with Gasteiger partial charge < -0.3 is 5.32 Å². The van der Waals surface area contributed by atoms with Crippen LogP contribution in [0.3, 0.4) is 0 Å². The lowest BCUT2D eigenvalue weighted by Crippen LogP contribution is -2.47. The fourth-order valence-electron chi connectivity index (χ4n) is 4.24. The Balaban J connectivity index is 1.45. The van der Waals surface area contributed by atoms with Gasteiger partial charge in [-0.3, -0.25) is 4.79 Å². The molecule has 0 aliphatic carbocycles. The van der Waals surface area contributed by atoms with E-state index >= 15 is 0 Å². The molecule has 3 aromatic carbocycles. The van der Waals surface area contributed by atoms with Crippen LogP contribution in [0.2, 0.25) is 0 Å². The molecule has 2 N–H and O–H groups in total. The molecule has 1 saturated heterocycles. The van der Waals surface area contributed by atoms with Gasteiger partial charge in [0.25, 0.3) is 0 Å². The highest BCUT2D eigenvalue weighted by Crippen LogP contribution is 2.21. The highest BCUT2D eigenvalue weighted by atomic mass is 32.2. The molecular weight excluding hydrogens is 510 g/mol. The van der Waals surface area contributed by atoms with Crippen molar-refractivity contribution in [1.82, 2.24) is 14.3 Å². The van der Waals surface area contributed by atoms with Gasteiger partial charge in [-0.05, 0) is 54.7 Å². The molecule has 3 aromatic rings. The minimum absolute atomic E-state index is 0.0753. The van der Waals surface area contributed by atoms with Crippen molar-refractivity contribution >= 4 is 26.0 Å². The topological polar surface area (TPSA) is 113 Å². The van der Waals surface area contributed by atoms with Crippen LogP contribution in [0.25, 0.3) is 0 Å². The number of carbonyl (C=O) groups is 1. The van der Waals surface area contributed by atoms with E-state index in [1.165, 1.54) is 16.4 Å². The zero-order valence-electron chi connectivity index (χ0n) is 20.4. The van der Waals surface area contributed by atoms with Crippen LogP contribution in [0.1, 0.15) is 30.4 Å². The van der Waals surface area contributed by atoms with E-state index < -0.39 is 32.0 Å². The Morgan fingerprint density at radius 2 is 1.32 bits per heavy atom. The molecule has 4 rings (SSSR count). The number of carbonyl (C=O) groups excluding carboxylic acids is 1. The maximum absolute atomic E-state index is 13.1. The second-order valence-corrected chi connectivity index (χ2v) is 12.7. The van der Waals surface area contributed by atoms with Crippen LogP contribution < -0.4 is 10.0 Å². The van der Waals surface area contributed by atoms with Gasteiger partial charge in [0.15, 0.2) is 0 Å². The van der Waals surface area contributed by atoms with Gasteiger partial charge in [-0.1, -0.05) is 67.1 Å². The monoisotopic (exact) mass is 541 g/mol. The molecule has 0 aromatic heterocycles. The number of piperidine rings is 1. The highest BCUT2D eigenvalue weighted by Gasteiger charge is 2.27. The van der Waals surface area contributed by atoms with E-state index in [4.69, 9.17) is 0 Å². The molecule has 0 saturated carbocycles. The third kappa shape index (κ3) is 7.04. The lowest BCUT2D eigenvalue weighted by molar-refractivity contribution is -0.122. The van der Waals surface area contributed by atoms with Gasteiger partial charge >= 0.3 is 0 Å². The van der Waals surface area contributed by atoms with E-state index in [9.17, 15) is 21.6 Å². The average Bonchev–Trinajstić information content (AvgIpc) is 2.93. The third-order valence-electron chi connectivity index (χ3n) is 6.29. The molecule has 1 amide bonds. The maximum atomic E-state index is 13.1. The first kappa shape index (κ1) is 27.0. The Bertz CT molecular complexity index is 1390. The fraction of sp³-hybridized carbons (Fsp3) is 0.296. The smallest absolute Gasteiger partial charge is 0.243 e. The van der Waals surface area contributed by atoms with Gasteiger partial charge in [0.05, 0.1) is 9.79 Å². The predicted molar refractivity (Wildman–Crippen MR) is 142 cm³/mol. The van der Waals surface area contributed by atoms with Gasteiger partial charge in [-0.2, -0.15) is 9.03 Å². The summed E-state index contributed by atoms with van der Waals surface area (Å²) in [6.45, 7) is 1.19. The lowest BCUT2D eigenvalue weighted by atomic mass is 10.1. The minimum Gasteiger partial charge on any atom is -0.351 e. The van der Waals surface area contributed by atoms with Gasteiger partial charge in [-0.15, -0.1) is 0 Å². The van der Waals surface area contributed by atoms with E-state index in [-0.39, 0.29) is 22.8 Å². The van der Waals surface area contributed by atoms with Gasteiger partial charge in [0, 0.05) is 19.6 Å². The number of benzene rings is 3. The van der Waals surface area contributed by atoms with Crippen molar-refractivity contribution < 1.29 is 21.6 Å². The van der Waals surface area contributed by atoms with E-state index in [2.05, 4.69) is 10.0 Å². The van der Waals surface area contributed by atoms with Gasteiger partial charge in [-0.25, -0.2) is 16.8 Å². The number of hydrogen-bond donors (Lipinski definition) is 2. The zero-order chi connectivity index (χ0) is 26.3. The summed E-state index contributed by atoms with van der Waals surface area (Å²) >= 11 is 0. The molecule has 0 bridgehead atoms. The van der Waals surface area contributed by atoms with Crippen LogP contribution in [0, 0.1) is 0 Å². The van der Waals surface area contributed by atoms with Crippen LogP contribution in [-0.4, -0.2) is 46.2 Å². The van der Waals surface area contributed by atoms with Crippen molar-refractivity contribution in [1.29, 1.82) is 0 Å². The van der Waals surface area contributed by atoms with Gasteiger partial charge in [0.1, 0.15) is 6.04 Å². The molecule has 1 atom stereocenters. The molecule has 0 unspecified atom stereocenters. The summed E-state index contributed by atoms with van der Waals surface area (Å²) in [4.78, 5) is 13.4. The van der Waals surface area contributed by atoms with Crippen molar-refractivity contribution in [3.63, 3.8) is 0 Å². The minimum atomic E-state index is -3.92. The number of rotatable bonds is 10. The van der Waals surface area contributed by atoms with E-state index in [0.29, 0.717) is 18.7 Å². The highest BCUT2D eigenvalue weighted by molar-refractivity contribution is 7.89. The quantitative estimate of drug-likeness (QED) is 0.410. The molecule has 1 aliphatic rings. The average molecular weight is 542 g/mol. The summed E-state index contributed by atoms with van der Waals surface area (Å²) in [5, 5.41) is 2.79. The summed E-state index contributed by atoms with van der Waals surface area (Å²) in [5.74, 6) is -0.478. The Labute approximate surface area is 218 Å². The molecule has 8 nitrogen and oxygen atoms in total. The molecule has 1 heterocycles. The third-order valence-corrected chi connectivity index (χ3v) is 9.69. The van der Waals surface area contributed by atoms with Crippen molar-refractivity contribution in [3.8, 4) is 0 Å². The van der Waals surface area contributed by atoms with Crippen LogP contribution in [0.4, 0.5) is 0 Å². The summed E-state index contributed by atoms with van der Waals surface area (Å²) in [5.41, 5.74) is 1.51. The molecule has 0 radical (unpaired) electrons. The Morgan fingerprint density at radius 3 is 1.95 bits per heavy atom. The molecule has 37 heavy (non-hydrogen) atoms. The maximum Gasteiger partial charge on any atom is 0.243 e. The fourth-order valence-corrected chi connectivity index (χ4v) is 6.97. The molecule has 196 valence electrons. The van der Waals surface area contributed by atoms with Crippen molar-refractivity contribution in [2.24, 2.45) is 0 Å². The van der Waals surface area contributed by atoms with Crippen molar-refractivity contribution in [2.45, 2.75) is 48.1 Å². The Morgan fingerprint density at radius 1 is 0.730 bits per heavy atom.